The molecule has 82 valence electrons. The van der Waals surface area contributed by atoms with Crippen LogP contribution in [0.15, 0.2) is 10.7 Å². The van der Waals surface area contributed by atoms with Crippen molar-refractivity contribution in [2.45, 2.75) is 25.9 Å². The van der Waals surface area contributed by atoms with E-state index in [-0.39, 0.29) is 12.0 Å². The van der Waals surface area contributed by atoms with Gasteiger partial charge in [0.2, 0.25) is 5.76 Å². The molecule has 0 aliphatic carbocycles. The summed E-state index contributed by atoms with van der Waals surface area (Å²) in [7, 11) is 0. The summed E-state index contributed by atoms with van der Waals surface area (Å²) in [6.45, 7) is 2.96. The van der Waals surface area contributed by atoms with E-state index in [9.17, 15) is 9.90 Å². The van der Waals surface area contributed by atoms with Crippen LogP contribution < -0.4 is 0 Å². The highest BCUT2D eigenvalue weighted by atomic mass is 16.5. The SMILES string of the molecule is Cc1cnoc1C(=O)N1CCC(O)CC1. The van der Waals surface area contributed by atoms with E-state index in [1.54, 1.807) is 11.8 Å². The van der Waals surface area contributed by atoms with Gasteiger partial charge in [0, 0.05) is 18.7 Å². The third kappa shape index (κ3) is 2.02. The summed E-state index contributed by atoms with van der Waals surface area (Å²) in [5.41, 5.74) is 0.756. The maximum absolute atomic E-state index is 11.9. The van der Waals surface area contributed by atoms with Crippen LogP contribution in [0.5, 0.6) is 0 Å². The minimum Gasteiger partial charge on any atom is -0.393 e. The number of aromatic nitrogens is 1. The molecule has 2 rings (SSSR count). The van der Waals surface area contributed by atoms with Crippen LogP contribution in [-0.2, 0) is 0 Å². The van der Waals surface area contributed by atoms with E-state index in [0.717, 1.165) is 5.56 Å². The summed E-state index contributed by atoms with van der Waals surface area (Å²) in [6.07, 6.45) is 2.54. The number of aliphatic hydroxyl groups is 1. The molecule has 1 aliphatic rings. The zero-order chi connectivity index (χ0) is 10.8. The Morgan fingerprint density at radius 1 is 1.60 bits per heavy atom. The third-order valence-electron chi connectivity index (χ3n) is 2.69. The van der Waals surface area contributed by atoms with Gasteiger partial charge in [0.15, 0.2) is 0 Å². The topological polar surface area (TPSA) is 66.6 Å². The minimum atomic E-state index is -0.273. The van der Waals surface area contributed by atoms with Crippen molar-refractivity contribution in [1.82, 2.24) is 10.1 Å². The summed E-state index contributed by atoms with van der Waals surface area (Å²) >= 11 is 0. The van der Waals surface area contributed by atoms with E-state index >= 15 is 0 Å². The Balaban J connectivity index is 2.06. The van der Waals surface area contributed by atoms with Crippen LogP contribution >= 0.6 is 0 Å². The van der Waals surface area contributed by atoms with Gasteiger partial charge in [-0.15, -0.1) is 0 Å². The molecular weight excluding hydrogens is 196 g/mol. The number of hydrogen-bond acceptors (Lipinski definition) is 4. The average Bonchev–Trinajstić information content (AvgIpc) is 2.65. The van der Waals surface area contributed by atoms with Crippen LogP contribution in [0.4, 0.5) is 0 Å². The number of carbonyl (C=O) groups excluding carboxylic acids is 1. The molecule has 0 aromatic carbocycles. The Labute approximate surface area is 87.7 Å². The zero-order valence-electron chi connectivity index (χ0n) is 8.64. The lowest BCUT2D eigenvalue weighted by Gasteiger charge is -2.28. The molecular formula is C10H14N2O3. The highest BCUT2D eigenvalue weighted by molar-refractivity contribution is 5.92. The van der Waals surface area contributed by atoms with Crippen LogP contribution in [0.3, 0.4) is 0 Å². The summed E-state index contributed by atoms with van der Waals surface area (Å²) < 4.78 is 4.90. The van der Waals surface area contributed by atoms with Crippen LogP contribution in [0, 0.1) is 6.92 Å². The highest BCUT2D eigenvalue weighted by Crippen LogP contribution is 2.15. The second-order valence-electron chi connectivity index (χ2n) is 3.86. The molecule has 0 radical (unpaired) electrons. The maximum atomic E-state index is 11.9. The average molecular weight is 210 g/mol. The molecule has 2 heterocycles. The first kappa shape index (κ1) is 10.2. The lowest BCUT2D eigenvalue weighted by atomic mass is 10.1. The van der Waals surface area contributed by atoms with E-state index in [0.29, 0.717) is 31.7 Å². The van der Waals surface area contributed by atoms with Gasteiger partial charge in [0.25, 0.3) is 5.91 Å². The fourth-order valence-corrected chi connectivity index (χ4v) is 1.71. The van der Waals surface area contributed by atoms with E-state index < -0.39 is 0 Å². The lowest BCUT2D eigenvalue weighted by Crippen LogP contribution is -2.40. The first-order valence-electron chi connectivity index (χ1n) is 5.07. The molecule has 1 amide bonds. The van der Waals surface area contributed by atoms with Gasteiger partial charge in [-0.05, 0) is 19.8 Å². The second-order valence-corrected chi connectivity index (χ2v) is 3.86. The van der Waals surface area contributed by atoms with E-state index in [1.807, 2.05) is 0 Å². The van der Waals surface area contributed by atoms with Crippen molar-refractivity contribution in [3.8, 4) is 0 Å². The first-order chi connectivity index (χ1) is 7.18. The molecule has 0 spiro atoms. The quantitative estimate of drug-likeness (QED) is 0.736. The number of aryl methyl sites for hydroxylation is 1. The summed E-state index contributed by atoms with van der Waals surface area (Å²) in [6, 6.07) is 0. The summed E-state index contributed by atoms with van der Waals surface area (Å²) in [5, 5.41) is 12.9. The van der Waals surface area contributed by atoms with Crippen molar-refractivity contribution in [3.63, 3.8) is 0 Å². The van der Waals surface area contributed by atoms with Crippen LogP contribution in [0.1, 0.15) is 29.0 Å². The number of hydrogen-bond donors (Lipinski definition) is 1. The monoisotopic (exact) mass is 210 g/mol. The van der Waals surface area contributed by atoms with Gasteiger partial charge in [0.1, 0.15) is 0 Å². The number of amides is 1. The van der Waals surface area contributed by atoms with E-state index in [4.69, 9.17) is 4.52 Å². The molecule has 1 aromatic heterocycles. The number of nitrogens with zero attached hydrogens (tertiary/aromatic N) is 2. The number of likely N-dealkylation sites (tertiary alicyclic amines) is 1. The van der Waals surface area contributed by atoms with Crippen LogP contribution in [-0.4, -0.2) is 40.3 Å². The zero-order valence-corrected chi connectivity index (χ0v) is 8.64. The number of carbonyl (C=O) groups is 1. The molecule has 0 bridgehead atoms. The number of aliphatic hydroxyl groups excluding tert-OH is 1. The smallest absolute Gasteiger partial charge is 0.292 e. The largest absolute Gasteiger partial charge is 0.393 e. The summed E-state index contributed by atoms with van der Waals surface area (Å²) in [5.74, 6) is 0.184. The van der Waals surface area contributed by atoms with Gasteiger partial charge in [-0.3, -0.25) is 4.79 Å². The molecule has 0 unspecified atom stereocenters. The van der Waals surface area contributed by atoms with E-state index in [1.165, 1.54) is 6.20 Å². The standard InChI is InChI=1S/C10H14N2O3/c1-7-6-11-15-9(7)10(14)12-4-2-8(13)3-5-12/h6,8,13H,2-5H2,1H3. The Morgan fingerprint density at radius 2 is 2.27 bits per heavy atom. The second kappa shape index (κ2) is 4.02. The minimum absolute atomic E-state index is 0.128. The highest BCUT2D eigenvalue weighted by Gasteiger charge is 2.25. The molecule has 1 aromatic rings. The fraction of sp³-hybridized carbons (Fsp3) is 0.600. The third-order valence-corrected chi connectivity index (χ3v) is 2.69. The van der Waals surface area contributed by atoms with Gasteiger partial charge in [-0.1, -0.05) is 5.16 Å². The van der Waals surface area contributed by atoms with Crippen molar-refractivity contribution in [2.24, 2.45) is 0 Å². The fourth-order valence-electron chi connectivity index (χ4n) is 1.71. The van der Waals surface area contributed by atoms with Gasteiger partial charge in [0.05, 0.1) is 12.3 Å². The van der Waals surface area contributed by atoms with Crippen molar-refractivity contribution >= 4 is 5.91 Å². The molecule has 1 saturated heterocycles. The Bertz CT molecular complexity index is 353. The van der Waals surface area contributed by atoms with Crippen LogP contribution in [0.25, 0.3) is 0 Å². The van der Waals surface area contributed by atoms with Crippen LogP contribution in [0.2, 0.25) is 0 Å². The number of piperidine rings is 1. The van der Waals surface area contributed by atoms with Crippen molar-refractivity contribution in [1.29, 1.82) is 0 Å². The van der Waals surface area contributed by atoms with Crippen molar-refractivity contribution < 1.29 is 14.4 Å². The number of rotatable bonds is 1. The molecule has 5 heteroatoms. The van der Waals surface area contributed by atoms with Gasteiger partial charge in [-0.2, -0.15) is 0 Å². The predicted octanol–water partition coefficient (Wildman–Crippen LogP) is 0.580. The van der Waals surface area contributed by atoms with Gasteiger partial charge >= 0.3 is 0 Å². The normalized spacial score (nSPS) is 18.1. The Morgan fingerprint density at radius 3 is 2.80 bits per heavy atom. The molecule has 0 atom stereocenters. The van der Waals surface area contributed by atoms with E-state index in [2.05, 4.69) is 5.16 Å². The van der Waals surface area contributed by atoms with Crippen molar-refractivity contribution in [3.05, 3.63) is 17.5 Å². The Hall–Kier alpha value is -1.36. The molecule has 1 aliphatic heterocycles. The molecule has 0 saturated carbocycles. The van der Waals surface area contributed by atoms with Gasteiger partial charge in [-0.25, -0.2) is 0 Å². The molecule has 15 heavy (non-hydrogen) atoms. The summed E-state index contributed by atoms with van der Waals surface area (Å²) in [4.78, 5) is 13.6. The molecule has 1 fully saturated rings. The Kier molecular flexibility index (Phi) is 2.73. The first-order valence-corrected chi connectivity index (χ1v) is 5.07. The lowest BCUT2D eigenvalue weighted by molar-refractivity contribution is 0.0511. The molecule has 5 nitrogen and oxygen atoms in total. The molecule has 1 N–H and O–H groups in total. The predicted molar refractivity (Wildman–Crippen MR) is 52.4 cm³/mol. The van der Waals surface area contributed by atoms with Gasteiger partial charge < -0.3 is 14.5 Å². The van der Waals surface area contributed by atoms with Crippen molar-refractivity contribution in [2.75, 3.05) is 13.1 Å². The maximum Gasteiger partial charge on any atom is 0.292 e.